The van der Waals surface area contributed by atoms with E-state index in [1.807, 2.05) is 0 Å². The molecule has 1 aromatic rings. The Kier molecular flexibility index (Phi) is 2.55. The second-order valence-corrected chi connectivity index (χ2v) is 3.57. The molecule has 1 rings (SSSR count). The lowest BCUT2D eigenvalue weighted by molar-refractivity contribution is 0.523. The molecular formula is C8H13ClN2. The van der Waals surface area contributed by atoms with Crippen LogP contribution >= 0.6 is 11.6 Å². The molecule has 0 saturated carbocycles. The Morgan fingerprint density at radius 3 is 2.45 bits per heavy atom. The number of nitrogens with zero attached hydrogens (tertiary/aromatic N) is 1. The van der Waals surface area contributed by atoms with Gasteiger partial charge in [0.25, 0.3) is 0 Å². The second-order valence-electron chi connectivity index (χ2n) is 3.16. The number of hydrogen-bond acceptors (Lipinski definition) is 1. The minimum atomic E-state index is 0.449. The van der Waals surface area contributed by atoms with Crippen LogP contribution in [-0.2, 0) is 0 Å². The zero-order valence-electron chi connectivity index (χ0n) is 7.06. The Morgan fingerprint density at radius 2 is 2.09 bits per heavy atom. The van der Waals surface area contributed by atoms with Crippen LogP contribution in [0.4, 0.5) is 0 Å². The van der Waals surface area contributed by atoms with Gasteiger partial charge >= 0.3 is 0 Å². The van der Waals surface area contributed by atoms with Crippen molar-refractivity contribution in [2.75, 3.05) is 0 Å². The summed E-state index contributed by atoms with van der Waals surface area (Å²) in [5.41, 5.74) is 1.04. The second kappa shape index (κ2) is 3.26. The van der Waals surface area contributed by atoms with Gasteiger partial charge < -0.3 is 0 Å². The summed E-state index contributed by atoms with van der Waals surface area (Å²) < 4.78 is 0. The quantitative estimate of drug-likeness (QED) is 0.730. The molecule has 0 amide bonds. The van der Waals surface area contributed by atoms with Gasteiger partial charge in [0, 0.05) is 5.92 Å². The van der Waals surface area contributed by atoms with Crippen LogP contribution < -0.4 is 0 Å². The van der Waals surface area contributed by atoms with Crippen LogP contribution in [-0.4, -0.2) is 10.2 Å². The van der Waals surface area contributed by atoms with Crippen molar-refractivity contribution in [1.82, 2.24) is 10.2 Å². The van der Waals surface area contributed by atoms with Gasteiger partial charge in [0.2, 0.25) is 0 Å². The fourth-order valence-electron chi connectivity index (χ4n) is 0.934. The molecule has 0 fully saturated rings. The van der Waals surface area contributed by atoms with E-state index >= 15 is 0 Å². The van der Waals surface area contributed by atoms with Gasteiger partial charge in [-0.1, -0.05) is 32.4 Å². The van der Waals surface area contributed by atoms with Crippen molar-refractivity contribution >= 4 is 11.6 Å². The predicted molar refractivity (Wildman–Crippen MR) is 46.9 cm³/mol. The van der Waals surface area contributed by atoms with Gasteiger partial charge in [0.1, 0.15) is 0 Å². The van der Waals surface area contributed by atoms with E-state index in [1.54, 1.807) is 6.20 Å². The van der Waals surface area contributed by atoms with Crippen LogP contribution in [0.1, 0.15) is 32.4 Å². The van der Waals surface area contributed by atoms with Crippen molar-refractivity contribution < 1.29 is 0 Å². The first kappa shape index (κ1) is 8.60. The van der Waals surface area contributed by atoms with Crippen molar-refractivity contribution in [1.29, 1.82) is 0 Å². The Labute approximate surface area is 72.0 Å². The Hall–Kier alpha value is -0.500. The molecule has 0 saturated heterocycles. The number of halogens is 1. The lowest BCUT2D eigenvalue weighted by Crippen LogP contribution is -2.02. The number of aromatic nitrogens is 2. The van der Waals surface area contributed by atoms with Crippen molar-refractivity contribution in [2.45, 2.75) is 26.7 Å². The Bertz CT molecular complexity index is 230. The molecule has 1 atom stereocenters. The lowest BCUT2D eigenvalue weighted by atomic mass is 9.95. The first-order valence-electron chi connectivity index (χ1n) is 3.81. The standard InChI is InChI=1S/C8H13ClN2/c1-5(2)6(3)8-7(9)4-10-11-8/h4-6H,1-3H3,(H,10,11). The zero-order chi connectivity index (χ0) is 8.43. The third-order valence-corrected chi connectivity index (χ3v) is 2.38. The van der Waals surface area contributed by atoms with Gasteiger partial charge in [-0.15, -0.1) is 0 Å². The molecule has 1 N–H and O–H groups in total. The molecule has 11 heavy (non-hydrogen) atoms. The van der Waals surface area contributed by atoms with Gasteiger partial charge in [-0.05, 0) is 5.92 Å². The normalized spacial score (nSPS) is 13.9. The van der Waals surface area contributed by atoms with Crippen LogP contribution in [0.2, 0.25) is 5.02 Å². The predicted octanol–water partition coefficient (Wildman–Crippen LogP) is 2.82. The largest absolute Gasteiger partial charge is 0.281 e. The van der Waals surface area contributed by atoms with E-state index in [0.717, 1.165) is 10.7 Å². The third kappa shape index (κ3) is 1.74. The zero-order valence-corrected chi connectivity index (χ0v) is 7.81. The summed E-state index contributed by atoms with van der Waals surface area (Å²) in [5.74, 6) is 1.04. The summed E-state index contributed by atoms with van der Waals surface area (Å²) in [7, 11) is 0. The summed E-state index contributed by atoms with van der Waals surface area (Å²) in [4.78, 5) is 0. The summed E-state index contributed by atoms with van der Waals surface area (Å²) in [6.07, 6.45) is 1.65. The highest BCUT2D eigenvalue weighted by Gasteiger charge is 2.14. The molecule has 0 aromatic carbocycles. The van der Waals surface area contributed by atoms with E-state index in [1.165, 1.54) is 0 Å². The number of nitrogens with one attached hydrogen (secondary N) is 1. The van der Waals surface area contributed by atoms with Gasteiger partial charge in [-0.25, -0.2) is 0 Å². The molecule has 2 nitrogen and oxygen atoms in total. The third-order valence-electron chi connectivity index (χ3n) is 2.08. The highest BCUT2D eigenvalue weighted by atomic mass is 35.5. The highest BCUT2D eigenvalue weighted by molar-refractivity contribution is 6.31. The minimum Gasteiger partial charge on any atom is -0.281 e. The van der Waals surface area contributed by atoms with Crippen molar-refractivity contribution in [3.63, 3.8) is 0 Å². The molecule has 1 heterocycles. The van der Waals surface area contributed by atoms with Crippen LogP contribution in [0.25, 0.3) is 0 Å². The van der Waals surface area contributed by atoms with Crippen LogP contribution in [0.15, 0.2) is 6.20 Å². The Balaban J connectivity index is 2.84. The van der Waals surface area contributed by atoms with Crippen molar-refractivity contribution in [3.05, 3.63) is 16.9 Å². The average Bonchev–Trinajstić information content (AvgIpc) is 2.33. The van der Waals surface area contributed by atoms with Crippen molar-refractivity contribution in [2.24, 2.45) is 5.92 Å². The van der Waals surface area contributed by atoms with E-state index in [-0.39, 0.29) is 0 Å². The van der Waals surface area contributed by atoms with Gasteiger partial charge in [-0.2, -0.15) is 5.10 Å². The fourth-order valence-corrected chi connectivity index (χ4v) is 1.20. The van der Waals surface area contributed by atoms with E-state index in [9.17, 15) is 0 Å². The molecule has 1 aromatic heterocycles. The summed E-state index contributed by atoms with van der Waals surface area (Å²) in [6.45, 7) is 6.48. The van der Waals surface area contributed by atoms with Gasteiger partial charge in [0.15, 0.2) is 0 Å². The monoisotopic (exact) mass is 172 g/mol. The molecule has 0 aliphatic rings. The maximum Gasteiger partial charge on any atom is 0.0818 e. The number of rotatable bonds is 2. The minimum absolute atomic E-state index is 0.449. The molecule has 1 unspecified atom stereocenters. The summed E-state index contributed by atoms with van der Waals surface area (Å²) in [5, 5.41) is 7.51. The number of H-pyrrole nitrogens is 1. The highest BCUT2D eigenvalue weighted by Crippen LogP contribution is 2.27. The molecule has 0 spiro atoms. The van der Waals surface area contributed by atoms with E-state index < -0.39 is 0 Å². The number of hydrogen-bond donors (Lipinski definition) is 1. The maximum absolute atomic E-state index is 5.88. The lowest BCUT2D eigenvalue weighted by Gasteiger charge is -2.13. The molecule has 0 aliphatic heterocycles. The van der Waals surface area contributed by atoms with Crippen LogP contribution in [0, 0.1) is 5.92 Å². The fraction of sp³-hybridized carbons (Fsp3) is 0.625. The molecule has 0 bridgehead atoms. The topological polar surface area (TPSA) is 28.7 Å². The summed E-state index contributed by atoms with van der Waals surface area (Å²) >= 11 is 5.88. The Morgan fingerprint density at radius 1 is 1.45 bits per heavy atom. The van der Waals surface area contributed by atoms with Gasteiger partial charge in [0.05, 0.1) is 16.9 Å². The van der Waals surface area contributed by atoms with Crippen molar-refractivity contribution in [3.8, 4) is 0 Å². The molecule has 3 heteroatoms. The van der Waals surface area contributed by atoms with E-state index in [4.69, 9.17) is 11.6 Å². The van der Waals surface area contributed by atoms with E-state index in [0.29, 0.717) is 11.8 Å². The number of aromatic amines is 1. The van der Waals surface area contributed by atoms with Crippen LogP contribution in [0.5, 0.6) is 0 Å². The molecule has 0 radical (unpaired) electrons. The van der Waals surface area contributed by atoms with E-state index in [2.05, 4.69) is 31.0 Å². The van der Waals surface area contributed by atoms with Crippen LogP contribution in [0.3, 0.4) is 0 Å². The molecule has 0 aliphatic carbocycles. The smallest absolute Gasteiger partial charge is 0.0818 e. The first-order valence-corrected chi connectivity index (χ1v) is 4.19. The summed E-state index contributed by atoms with van der Waals surface area (Å²) in [6, 6.07) is 0. The molecule has 62 valence electrons. The molecular weight excluding hydrogens is 160 g/mol. The first-order chi connectivity index (χ1) is 5.13. The SMILES string of the molecule is CC(C)C(C)c1[nH]ncc1Cl. The maximum atomic E-state index is 5.88. The average molecular weight is 173 g/mol. The van der Waals surface area contributed by atoms with Gasteiger partial charge in [-0.3, -0.25) is 5.10 Å².